The number of carbonyl (C=O) groups is 2. The van der Waals surface area contributed by atoms with E-state index in [1.807, 2.05) is 19.1 Å². The van der Waals surface area contributed by atoms with Gasteiger partial charge in [0.05, 0.1) is 28.4 Å². The number of carbonyl (C=O) groups excluding carboxylic acids is 2. The minimum atomic E-state index is -0.894. The Labute approximate surface area is 215 Å². The van der Waals surface area contributed by atoms with Gasteiger partial charge in [-0.05, 0) is 67.1 Å². The van der Waals surface area contributed by atoms with Gasteiger partial charge in [0.25, 0.3) is 5.78 Å². The summed E-state index contributed by atoms with van der Waals surface area (Å²) in [6.07, 6.45) is 0. The number of thiazole rings is 1. The smallest absolute Gasteiger partial charge is 0.301 e. The van der Waals surface area contributed by atoms with Crippen LogP contribution in [0, 0.1) is 0 Å². The summed E-state index contributed by atoms with van der Waals surface area (Å²) < 4.78 is 6.38. The second-order valence-corrected chi connectivity index (χ2v) is 9.67. The molecular weight excluding hydrogens is 507 g/mol. The first-order valence-electron chi connectivity index (χ1n) is 10.7. The molecule has 176 valence electrons. The van der Waals surface area contributed by atoms with Gasteiger partial charge in [0.15, 0.2) is 5.13 Å². The van der Waals surface area contributed by atoms with Gasteiger partial charge in [-0.25, -0.2) is 4.98 Å². The highest BCUT2D eigenvalue weighted by atomic mass is 35.5. The zero-order valence-corrected chi connectivity index (χ0v) is 20.7. The molecule has 0 aliphatic carbocycles. The van der Waals surface area contributed by atoms with Gasteiger partial charge in [-0.3, -0.25) is 14.5 Å². The third-order valence-corrected chi connectivity index (χ3v) is 7.13. The van der Waals surface area contributed by atoms with Crippen molar-refractivity contribution in [3.8, 4) is 5.75 Å². The van der Waals surface area contributed by atoms with Crippen LogP contribution in [-0.4, -0.2) is 28.4 Å². The highest BCUT2D eigenvalue weighted by Gasteiger charge is 2.48. The predicted octanol–water partition coefficient (Wildman–Crippen LogP) is 6.63. The van der Waals surface area contributed by atoms with Gasteiger partial charge in [0, 0.05) is 15.6 Å². The number of ketones is 1. The number of rotatable bonds is 5. The molecular formula is C26H18Cl2N2O4S. The first-order chi connectivity index (χ1) is 16.9. The van der Waals surface area contributed by atoms with Gasteiger partial charge >= 0.3 is 5.91 Å². The topological polar surface area (TPSA) is 79.7 Å². The van der Waals surface area contributed by atoms with E-state index in [-0.39, 0.29) is 11.3 Å². The first-order valence-corrected chi connectivity index (χ1v) is 12.3. The fourth-order valence-electron chi connectivity index (χ4n) is 4.01. The van der Waals surface area contributed by atoms with E-state index in [9.17, 15) is 14.7 Å². The number of ether oxygens (including phenoxy) is 1. The summed E-state index contributed by atoms with van der Waals surface area (Å²) in [5, 5.41) is 12.5. The number of halogens is 2. The van der Waals surface area contributed by atoms with E-state index in [0.29, 0.717) is 44.2 Å². The first kappa shape index (κ1) is 23.4. The predicted molar refractivity (Wildman–Crippen MR) is 138 cm³/mol. The molecule has 1 amide bonds. The van der Waals surface area contributed by atoms with Crippen LogP contribution in [0.2, 0.25) is 10.0 Å². The van der Waals surface area contributed by atoms with Gasteiger partial charge < -0.3 is 9.84 Å². The van der Waals surface area contributed by atoms with Crippen molar-refractivity contribution in [2.75, 3.05) is 11.5 Å². The molecule has 0 radical (unpaired) electrons. The van der Waals surface area contributed by atoms with Crippen molar-refractivity contribution >= 4 is 67.3 Å². The van der Waals surface area contributed by atoms with Crippen LogP contribution in [0.15, 0.2) is 72.3 Å². The lowest BCUT2D eigenvalue weighted by Gasteiger charge is -2.23. The molecule has 1 aromatic heterocycles. The monoisotopic (exact) mass is 524 g/mol. The van der Waals surface area contributed by atoms with Crippen LogP contribution in [0.25, 0.3) is 16.0 Å². The van der Waals surface area contributed by atoms with E-state index in [2.05, 4.69) is 4.98 Å². The van der Waals surface area contributed by atoms with E-state index < -0.39 is 17.7 Å². The number of hydrogen-bond donors (Lipinski definition) is 1. The second-order valence-electron chi connectivity index (χ2n) is 7.79. The molecule has 1 atom stereocenters. The third kappa shape index (κ3) is 4.27. The number of Topliss-reactive ketones (excluding diaryl/α,β-unsaturated/α-hetero) is 1. The molecule has 0 saturated carbocycles. The van der Waals surface area contributed by atoms with Crippen molar-refractivity contribution in [3.63, 3.8) is 0 Å². The average Bonchev–Trinajstić information content (AvgIpc) is 3.38. The Morgan fingerprint density at radius 1 is 1.03 bits per heavy atom. The van der Waals surface area contributed by atoms with Gasteiger partial charge in [0.2, 0.25) is 0 Å². The van der Waals surface area contributed by atoms with Crippen molar-refractivity contribution in [2.45, 2.75) is 13.0 Å². The number of nitrogens with zero attached hydrogens (tertiary/aromatic N) is 2. The Morgan fingerprint density at radius 2 is 1.69 bits per heavy atom. The zero-order chi connectivity index (χ0) is 24.7. The van der Waals surface area contributed by atoms with Crippen LogP contribution in [0.5, 0.6) is 5.75 Å². The van der Waals surface area contributed by atoms with E-state index in [0.717, 1.165) is 4.70 Å². The molecule has 4 aromatic rings. The number of hydrogen-bond acceptors (Lipinski definition) is 6. The molecule has 0 bridgehead atoms. The quantitative estimate of drug-likeness (QED) is 0.180. The molecule has 9 heteroatoms. The van der Waals surface area contributed by atoms with Gasteiger partial charge in [-0.1, -0.05) is 46.7 Å². The fraction of sp³-hybridized carbons (Fsp3) is 0.115. The van der Waals surface area contributed by atoms with Crippen molar-refractivity contribution in [2.24, 2.45) is 0 Å². The van der Waals surface area contributed by atoms with Crippen LogP contribution in [0.1, 0.15) is 24.1 Å². The lowest BCUT2D eigenvalue weighted by Crippen LogP contribution is -2.29. The van der Waals surface area contributed by atoms with Crippen molar-refractivity contribution in [1.82, 2.24) is 4.98 Å². The normalized spacial score (nSPS) is 17.3. The van der Waals surface area contributed by atoms with Crippen molar-refractivity contribution < 1.29 is 19.4 Å². The lowest BCUT2D eigenvalue weighted by atomic mass is 9.95. The molecule has 1 saturated heterocycles. The Hall–Kier alpha value is -3.39. The summed E-state index contributed by atoms with van der Waals surface area (Å²) in [6, 6.07) is 17.8. The molecule has 2 heterocycles. The highest BCUT2D eigenvalue weighted by molar-refractivity contribution is 7.22. The Kier molecular flexibility index (Phi) is 6.23. The van der Waals surface area contributed by atoms with Crippen molar-refractivity contribution in [1.29, 1.82) is 0 Å². The SMILES string of the molecule is CCOc1ccc2nc(N3C(=O)C(=O)/C(=C(/O)c4ccc(Cl)cc4)C3c3ccc(Cl)cc3)sc2c1. The number of fused-ring (bicyclic) bond motifs is 1. The number of aliphatic hydroxyl groups is 1. The Morgan fingerprint density at radius 3 is 2.34 bits per heavy atom. The summed E-state index contributed by atoms with van der Waals surface area (Å²) in [5.41, 5.74) is 1.62. The van der Waals surface area contributed by atoms with Gasteiger partial charge in [0.1, 0.15) is 11.5 Å². The van der Waals surface area contributed by atoms with Crippen LogP contribution < -0.4 is 9.64 Å². The zero-order valence-electron chi connectivity index (χ0n) is 18.4. The largest absolute Gasteiger partial charge is 0.507 e. The molecule has 1 aliphatic heterocycles. The summed E-state index contributed by atoms with van der Waals surface area (Å²) in [7, 11) is 0. The van der Waals surface area contributed by atoms with E-state index in [1.165, 1.54) is 16.2 Å². The third-order valence-electron chi connectivity index (χ3n) is 5.61. The molecule has 35 heavy (non-hydrogen) atoms. The van der Waals surface area contributed by atoms with Crippen molar-refractivity contribution in [3.05, 3.63) is 93.5 Å². The van der Waals surface area contributed by atoms with E-state index >= 15 is 0 Å². The summed E-state index contributed by atoms with van der Waals surface area (Å²) >= 11 is 13.3. The maximum Gasteiger partial charge on any atom is 0.301 e. The maximum atomic E-state index is 13.3. The van der Waals surface area contributed by atoms with Crippen LogP contribution in [-0.2, 0) is 9.59 Å². The number of benzene rings is 3. The highest BCUT2D eigenvalue weighted by Crippen LogP contribution is 2.44. The Bertz CT molecular complexity index is 1480. The molecule has 0 spiro atoms. The van der Waals surface area contributed by atoms with E-state index in [4.69, 9.17) is 27.9 Å². The molecule has 6 nitrogen and oxygen atoms in total. The molecule has 1 unspecified atom stereocenters. The van der Waals surface area contributed by atoms with E-state index in [1.54, 1.807) is 54.6 Å². The Balaban J connectivity index is 1.69. The maximum absolute atomic E-state index is 13.3. The summed E-state index contributed by atoms with van der Waals surface area (Å²) in [4.78, 5) is 32.6. The number of anilines is 1. The average molecular weight is 525 g/mol. The van der Waals surface area contributed by atoms with Crippen LogP contribution in [0.3, 0.4) is 0 Å². The van der Waals surface area contributed by atoms with Crippen LogP contribution >= 0.6 is 34.5 Å². The van der Waals surface area contributed by atoms with Gasteiger partial charge in [-0.15, -0.1) is 0 Å². The minimum absolute atomic E-state index is 0.0334. The fourth-order valence-corrected chi connectivity index (χ4v) is 5.28. The number of amides is 1. The molecule has 1 fully saturated rings. The molecule has 5 rings (SSSR count). The number of aromatic nitrogens is 1. The standard InChI is InChI=1S/C26H18Cl2N2O4S/c1-2-34-18-11-12-19-20(13-18)35-26(29-19)30-22(14-3-7-16(27)8-4-14)21(24(32)25(30)33)23(31)15-5-9-17(28)10-6-15/h3-13,22,31H,2H2,1H3/b23-21+. The van der Waals surface area contributed by atoms with Gasteiger partial charge in [-0.2, -0.15) is 0 Å². The molecule has 3 aromatic carbocycles. The number of aliphatic hydroxyl groups excluding tert-OH is 1. The molecule has 1 aliphatic rings. The summed E-state index contributed by atoms with van der Waals surface area (Å²) in [5.74, 6) is -1.17. The second kappa shape index (κ2) is 9.34. The summed E-state index contributed by atoms with van der Waals surface area (Å²) in [6.45, 7) is 2.42. The van der Waals surface area contributed by atoms with Crippen LogP contribution in [0.4, 0.5) is 5.13 Å². The minimum Gasteiger partial charge on any atom is -0.507 e. The molecule has 1 N–H and O–H groups in total. The lowest BCUT2D eigenvalue weighted by molar-refractivity contribution is -0.132.